The van der Waals surface area contributed by atoms with Crippen molar-refractivity contribution >= 4 is 17.6 Å². The molecule has 0 aliphatic heterocycles. The Balaban J connectivity index is 1.96. The van der Waals surface area contributed by atoms with Crippen LogP contribution in [-0.2, 0) is 4.79 Å². The molecule has 2 aromatic carbocycles. The van der Waals surface area contributed by atoms with E-state index < -0.39 is 5.97 Å². The average molecular weight is 357 g/mol. The number of nitrogens with one attached hydrogen (secondary N) is 1. The van der Waals surface area contributed by atoms with Gasteiger partial charge in [0.2, 0.25) is 0 Å². The summed E-state index contributed by atoms with van der Waals surface area (Å²) in [5, 5.41) is 11.4. The summed E-state index contributed by atoms with van der Waals surface area (Å²) < 4.78 is 10.8. The normalized spacial score (nSPS) is 10.3. The Bertz CT molecular complexity index is 760. The van der Waals surface area contributed by atoms with Gasteiger partial charge >= 0.3 is 5.97 Å². The molecule has 0 saturated heterocycles. The van der Waals surface area contributed by atoms with E-state index in [1.54, 1.807) is 43.5 Å². The molecule has 0 heterocycles. The molecule has 1 amide bonds. The number of carbonyl (C=O) groups is 2. The highest BCUT2D eigenvalue weighted by Gasteiger charge is 2.11. The second kappa shape index (κ2) is 8.89. The number of ether oxygens (including phenoxy) is 2. The van der Waals surface area contributed by atoms with E-state index in [1.165, 1.54) is 0 Å². The van der Waals surface area contributed by atoms with Crippen molar-refractivity contribution in [2.75, 3.05) is 19.0 Å². The van der Waals surface area contributed by atoms with Crippen molar-refractivity contribution in [2.24, 2.45) is 0 Å². The molecule has 0 aliphatic rings. The number of carbonyl (C=O) groups excluding carboxylic acids is 1. The first-order chi connectivity index (χ1) is 12.4. The van der Waals surface area contributed by atoms with Crippen molar-refractivity contribution in [1.82, 2.24) is 0 Å². The number of carboxylic acid groups (broad SMARTS) is 1. The molecule has 0 radical (unpaired) electrons. The topological polar surface area (TPSA) is 84.9 Å². The lowest BCUT2D eigenvalue weighted by Crippen LogP contribution is -2.12. The maximum atomic E-state index is 12.4. The Kier molecular flexibility index (Phi) is 6.60. The number of carboxylic acids is 1. The summed E-state index contributed by atoms with van der Waals surface area (Å²) in [5.41, 5.74) is 3.03. The molecule has 2 N–H and O–H groups in total. The van der Waals surface area contributed by atoms with E-state index in [-0.39, 0.29) is 12.3 Å². The summed E-state index contributed by atoms with van der Waals surface area (Å²) in [7, 11) is 1.61. The highest BCUT2D eigenvalue weighted by atomic mass is 16.5. The zero-order valence-electron chi connectivity index (χ0n) is 15.2. The number of amides is 1. The fraction of sp³-hybridized carbons (Fsp3) is 0.300. The third-order valence-corrected chi connectivity index (χ3v) is 3.84. The highest BCUT2D eigenvalue weighted by Crippen LogP contribution is 2.25. The number of benzene rings is 2. The molecule has 6 nitrogen and oxygen atoms in total. The predicted octanol–water partition coefficient (Wildman–Crippen LogP) is 3.81. The fourth-order valence-electron chi connectivity index (χ4n) is 2.65. The van der Waals surface area contributed by atoms with Crippen molar-refractivity contribution in [2.45, 2.75) is 26.7 Å². The molecule has 0 bridgehead atoms. The predicted molar refractivity (Wildman–Crippen MR) is 99.2 cm³/mol. The fourth-order valence-corrected chi connectivity index (χ4v) is 2.65. The molecule has 0 unspecified atom stereocenters. The van der Waals surface area contributed by atoms with Crippen molar-refractivity contribution in [3.05, 3.63) is 53.1 Å². The standard InChI is InChI=1S/C20H23NO5/c1-13-11-15(12-14(2)19(13)25-3)20(24)21-16-6-8-17(9-7-16)26-10-4-5-18(22)23/h6-9,11-12H,4-5,10H2,1-3H3,(H,21,24)(H,22,23). The number of anilines is 1. The van der Waals surface area contributed by atoms with Gasteiger partial charge < -0.3 is 19.9 Å². The van der Waals surface area contributed by atoms with E-state index in [4.69, 9.17) is 14.6 Å². The van der Waals surface area contributed by atoms with Crippen LogP contribution in [0.15, 0.2) is 36.4 Å². The maximum absolute atomic E-state index is 12.4. The average Bonchev–Trinajstić information content (AvgIpc) is 2.59. The molecule has 2 rings (SSSR count). The van der Waals surface area contributed by atoms with Crippen LogP contribution in [0.25, 0.3) is 0 Å². The van der Waals surface area contributed by atoms with Crippen molar-refractivity contribution < 1.29 is 24.2 Å². The van der Waals surface area contributed by atoms with Crippen molar-refractivity contribution in [3.63, 3.8) is 0 Å². The molecule has 0 fully saturated rings. The highest BCUT2D eigenvalue weighted by molar-refractivity contribution is 6.04. The van der Waals surface area contributed by atoms with E-state index in [1.807, 2.05) is 13.8 Å². The monoisotopic (exact) mass is 357 g/mol. The molecule has 6 heteroatoms. The molecule has 0 aromatic heterocycles. The van der Waals surface area contributed by atoms with Gasteiger partial charge in [-0.2, -0.15) is 0 Å². The molecule has 26 heavy (non-hydrogen) atoms. The summed E-state index contributed by atoms with van der Waals surface area (Å²) in [4.78, 5) is 22.9. The van der Waals surface area contributed by atoms with E-state index in [9.17, 15) is 9.59 Å². The van der Waals surface area contributed by atoms with Crippen molar-refractivity contribution in [1.29, 1.82) is 0 Å². The smallest absolute Gasteiger partial charge is 0.303 e. The van der Waals surface area contributed by atoms with Crippen LogP contribution in [0.5, 0.6) is 11.5 Å². The third kappa shape index (κ3) is 5.24. The van der Waals surface area contributed by atoms with Gasteiger partial charge in [-0.1, -0.05) is 0 Å². The Hall–Kier alpha value is -3.02. The first-order valence-corrected chi connectivity index (χ1v) is 8.32. The van der Waals surface area contributed by atoms with Crippen LogP contribution in [0.3, 0.4) is 0 Å². The summed E-state index contributed by atoms with van der Waals surface area (Å²) in [6.45, 7) is 4.14. The SMILES string of the molecule is COc1c(C)cc(C(=O)Nc2ccc(OCCCC(=O)O)cc2)cc1C. The molecule has 138 valence electrons. The largest absolute Gasteiger partial charge is 0.496 e. The Morgan fingerprint density at radius 3 is 2.23 bits per heavy atom. The summed E-state index contributed by atoms with van der Waals surface area (Å²) in [6.07, 6.45) is 0.527. The first-order valence-electron chi connectivity index (χ1n) is 8.32. The van der Waals surface area contributed by atoms with Crippen LogP contribution < -0.4 is 14.8 Å². The first kappa shape index (κ1) is 19.3. The number of rotatable bonds is 8. The lowest BCUT2D eigenvalue weighted by Gasteiger charge is -2.12. The second-order valence-electron chi connectivity index (χ2n) is 5.97. The van der Waals surface area contributed by atoms with Crippen molar-refractivity contribution in [3.8, 4) is 11.5 Å². The van der Waals surface area contributed by atoms with E-state index in [0.29, 0.717) is 30.0 Å². The minimum absolute atomic E-state index is 0.0782. The zero-order valence-corrected chi connectivity index (χ0v) is 15.2. The van der Waals surface area contributed by atoms with Gasteiger partial charge in [0.05, 0.1) is 13.7 Å². The van der Waals surface area contributed by atoms with Crippen LogP contribution >= 0.6 is 0 Å². The van der Waals surface area contributed by atoms with Gasteiger partial charge in [-0.25, -0.2) is 0 Å². The van der Waals surface area contributed by atoms with Gasteiger partial charge in [-0.15, -0.1) is 0 Å². The molecular formula is C20H23NO5. The number of aryl methyl sites for hydroxylation is 2. The van der Waals surface area contributed by atoms with Gasteiger partial charge in [0.25, 0.3) is 5.91 Å². The lowest BCUT2D eigenvalue weighted by molar-refractivity contribution is -0.137. The Morgan fingerprint density at radius 1 is 1.08 bits per heavy atom. The Labute approximate surface area is 152 Å². The van der Waals surface area contributed by atoms with Gasteiger partial charge in [0.1, 0.15) is 11.5 Å². The quantitative estimate of drug-likeness (QED) is 0.702. The zero-order chi connectivity index (χ0) is 19.1. The number of methoxy groups -OCH3 is 1. The third-order valence-electron chi connectivity index (χ3n) is 3.84. The summed E-state index contributed by atoms with van der Waals surface area (Å²) >= 11 is 0. The van der Waals surface area contributed by atoms with E-state index >= 15 is 0 Å². The van der Waals surface area contributed by atoms with Gasteiger partial charge in [0.15, 0.2) is 0 Å². The van der Waals surface area contributed by atoms with Gasteiger partial charge in [-0.05, 0) is 67.8 Å². The minimum atomic E-state index is -0.837. The maximum Gasteiger partial charge on any atom is 0.303 e. The van der Waals surface area contributed by atoms with Gasteiger partial charge in [-0.3, -0.25) is 9.59 Å². The molecule has 0 atom stereocenters. The summed E-state index contributed by atoms with van der Waals surface area (Å²) in [6, 6.07) is 10.5. The van der Waals surface area contributed by atoms with Crippen LogP contribution in [-0.4, -0.2) is 30.7 Å². The van der Waals surface area contributed by atoms with E-state index in [0.717, 1.165) is 16.9 Å². The minimum Gasteiger partial charge on any atom is -0.496 e. The van der Waals surface area contributed by atoms with Crippen LogP contribution in [0.1, 0.15) is 34.3 Å². The van der Waals surface area contributed by atoms with E-state index in [2.05, 4.69) is 5.32 Å². The molecule has 0 aliphatic carbocycles. The van der Waals surface area contributed by atoms with Crippen LogP contribution in [0.4, 0.5) is 5.69 Å². The van der Waals surface area contributed by atoms with Crippen LogP contribution in [0.2, 0.25) is 0 Å². The number of hydrogen-bond acceptors (Lipinski definition) is 4. The van der Waals surface area contributed by atoms with Crippen LogP contribution in [0, 0.1) is 13.8 Å². The second-order valence-corrected chi connectivity index (χ2v) is 5.97. The molecular weight excluding hydrogens is 334 g/mol. The number of hydrogen-bond donors (Lipinski definition) is 2. The Morgan fingerprint density at radius 2 is 1.69 bits per heavy atom. The summed E-state index contributed by atoms with van der Waals surface area (Å²) in [5.74, 6) is 0.375. The van der Waals surface area contributed by atoms with Gasteiger partial charge in [0, 0.05) is 17.7 Å². The lowest BCUT2D eigenvalue weighted by atomic mass is 10.0. The molecule has 0 spiro atoms. The molecule has 0 saturated carbocycles. The molecule has 2 aromatic rings. The number of aliphatic carboxylic acids is 1.